The van der Waals surface area contributed by atoms with Crippen LogP contribution in [0.4, 0.5) is 8.78 Å². The Morgan fingerprint density at radius 1 is 1.35 bits per heavy atom. The van der Waals surface area contributed by atoms with E-state index < -0.39 is 29.4 Å². The molecule has 1 aromatic heterocycles. The molecule has 2 N–H and O–H groups in total. The molecule has 2 saturated carbocycles. The normalized spacial score (nSPS) is 22.5. The molecule has 0 unspecified atom stereocenters. The van der Waals surface area contributed by atoms with Crippen molar-refractivity contribution in [3.8, 4) is 11.5 Å². The summed E-state index contributed by atoms with van der Waals surface area (Å²) in [5.74, 6) is -2.04. The summed E-state index contributed by atoms with van der Waals surface area (Å²) in [6, 6.07) is 5.59. The Balaban J connectivity index is 1.35. The standard InChI is InChI=1S/C17H16F2N4O3/c18-10-3-1-2-9(6-10)16-21-13(23-26-16)15(25)20-8-17(4-5-17)22-14(24)11-7-12(11)19/h1-3,6,11-12H,4-5,7-8H2,(H,20,25)(H,22,24)/t11-,12+/m1/s1. The van der Waals surface area contributed by atoms with Gasteiger partial charge in [0.2, 0.25) is 5.91 Å². The minimum absolute atomic E-state index is 0.0341. The first-order valence-corrected chi connectivity index (χ1v) is 8.30. The minimum atomic E-state index is -1.05. The Morgan fingerprint density at radius 2 is 2.12 bits per heavy atom. The van der Waals surface area contributed by atoms with E-state index >= 15 is 0 Å². The number of carbonyl (C=O) groups is 2. The molecule has 0 saturated heterocycles. The third-order valence-electron chi connectivity index (χ3n) is 4.58. The van der Waals surface area contributed by atoms with Crippen LogP contribution in [0.1, 0.15) is 29.9 Å². The lowest BCUT2D eigenvalue weighted by atomic mass is 10.2. The van der Waals surface area contributed by atoms with Gasteiger partial charge in [0.15, 0.2) is 0 Å². The highest BCUT2D eigenvalue weighted by molar-refractivity contribution is 5.91. The second-order valence-corrected chi connectivity index (χ2v) is 6.74. The van der Waals surface area contributed by atoms with Gasteiger partial charge in [-0.3, -0.25) is 9.59 Å². The van der Waals surface area contributed by atoms with Gasteiger partial charge in [-0.15, -0.1) is 0 Å². The van der Waals surface area contributed by atoms with Gasteiger partial charge in [-0.25, -0.2) is 8.78 Å². The van der Waals surface area contributed by atoms with Crippen LogP contribution in [0, 0.1) is 11.7 Å². The van der Waals surface area contributed by atoms with Crippen LogP contribution in [0.2, 0.25) is 0 Å². The number of hydrogen-bond donors (Lipinski definition) is 2. The topological polar surface area (TPSA) is 97.1 Å². The summed E-state index contributed by atoms with van der Waals surface area (Å²) in [7, 11) is 0. The summed E-state index contributed by atoms with van der Waals surface area (Å²) in [4.78, 5) is 28.0. The summed E-state index contributed by atoms with van der Waals surface area (Å²) in [6.07, 6.45) is 0.633. The third kappa shape index (κ3) is 3.42. The van der Waals surface area contributed by atoms with Gasteiger partial charge >= 0.3 is 0 Å². The van der Waals surface area contributed by atoms with Crippen LogP contribution in [0.25, 0.3) is 11.5 Å². The summed E-state index contributed by atoms with van der Waals surface area (Å²) in [6.45, 7) is 0.199. The van der Waals surface area contributed by atoms with E-state index in [9.17, 15) is 18.4 Å². The van der Waals surface area contributed by atoms with E-state index in [1.165, 1.54) is 18.2 Å². The monoisotopic (exact) mass is 362 g/mol. The number of halogens is 2. The Hall–Kier alpha value is -2.84. The molecule has 2 aromatic rings. The van der Waals surface area contributed by atoms with Crippen molar-refractivity contribution in [3.05, 3.63) is 35.9 Å². The molecule has 1 aromatic carbocycles. The first kappa shape index (κ1) is 16.6. The molecule has 26 heavy (non-hydrogen) atoms. The number of hydrogen-bond acceptors (Lipinski definition) is 5. The highest BCUT2D eigenvalue weighted by Gasteiger charge is 2.50. The van der Waals surface area contributed by atoms with Crippen molar-refractivity contribution in [2.24, 2.45) is 5.92 Å². The van der Waals surface area contributed by atoms with Crippen molar-refractivity contribution in [1.29, 1.82) is 0 Å². The first-order valence-electron chi connectivity index (χ1n) is 8.30. The summed E-state index contributed by atoms with van der Waals surface area (Å²) >= 11 is 0. The predicted octanol–water partition coefficient (Wildman–Crippen LogP) is 1.61. The Kier molecular flexibility index (Phi) is 3.93. The fourth-order valence-corrected chi connectivity index (χ4v) is 2.67. The van der Waals surface area contributed by atoms with E-state index in [2.05, 4.69) is 20.8 Å². The number of nitrogens with one attached hydrogen (secondary N) is 2. The van der Waals surface area contributed by atoms with Gasteiger partial charge < -0.3 is 15.2 Å². The second kappa shape index (κ2) is 6.15. The molecule has 0 aliphatic heterocycles. The van der Waals surface area contributed by atoms with Gasteiger partial charge in [0, 0.05) is 12.1 Å². The zero-order chi connectivity index (χ0) is 18.3. The molecule has 9 heteroatoms. The van der Waals surface area contributed by atoms with Crippen LogP contribution in [-0.4, -0.2) is 40.2 Å². The van der Waals surface area contributed by atoms with Crippen molar-refractivity contribution in [3.63, 3.8) is 0 Å². The second-order valence-electron chi connectivity index (χ2n) is 6.74. The number of nitrogens with zero attached hydrogens (tertiary/aromatic N) is 2. The Bertz CT molecular complexity index is 865. The van der Waals surface area contributed by atoms with Gasteiger partial charge in [-0.05, 0) is 37.5 Å². The summed E-state index contributed by atoms with van der Waals surface area (Å²) in [5.41, 5.74) is -0.155. The molecule has 1 heterocycles. The zero-order valence-electron chi connectivity index (χ0n) is 13.7. The molecule has 2 fully saturated rings. The van der Waals surface area contributed by atoms with E-state index in [0.717, 1.165) is 0 Å². The maximum atomic E-state index is 13.2. The SMILES string of the molecule is O=C(NCC1(NC(=O)[C@@H]2C[C@@H]2F)CC1)c1noc(-c2cccc(F)c2)n1. The lowest BCUT2D eigenvalue weighted by Crippen LogP contribution is -2.46. The number of aromatic nitrogens is 2. The number of benzene rings is 1. The lowest BCUT2D eigenvalue weighted by molar-refractivity contribution is -0.123. The van der Waals surface area contributed by atoms with Gasteiger partial charge in [0.25, 0.3) is 17.6 Å². The summed E-state index contributed by atoms with van der Waals surface area (Å²) in [5, 5.41) is 9.05. The van der Waals surface area contributed by atoms with E-state index in [1.807, 2.05) is 0 Å². The zero-order valence-corrected chi connectivity index (χ0v) is 13.7. The molecule has 2 atom stereocenters. The molecule has 2 aliphatic rings. The fourth-order valence-electron chi connectivity index (χ4n) is 2.67. The molecule has 0 spiro atoms. The van der Waals surface area contributed by atoms with Gasteiger partial charge in [-0.2, -0.15) is 4.98 Å². The molecular weight excluding hydrogens is 346 g/mol. The van der Waals surface area contributed by atoms with Crippen LogP contribution < -0.4 is 10.6 Å². The number of rotatable bonds is 6. The van der Waals surface area contributed by atoms with Crippen molar-refractivity contribution in [2.45, 2.75) is 31.0 Å². The van der Waals surface area contributed by atoms with Gasteiger partial charge in [-0.1, -0.05) is 11.2 Å². The van der Waals surface area contributed by atoms with E-state index in [-0.39, 0.29) is 30.6 Å². The van der Waals surface area contributed by atoms with Crippen molar-refractivity contribution in [1.82, 2.24) is 20.8 Å². The van der Waals surface area contributed by atoms with Crippen LogP contribution in [-0.2, 0) is 4.79 Å². The average Bonchev–Trinajstić information content (AvgIpc) is 3.49. The molecule has 136 valence electrons. The van der Waals surface area contributed by atoms with Crippen molar-refractivity contribution in [2.75, 3.05) is 6.54 Å². The highest BCUT2D eigenvalue weighted by Crippen LogP contribution is 2.39. The van der Waals surface area contributed by atoms with Crippen LogP contribution in [0.5, 0.6) is 0 Å². The number of amides is 2. The largest absolute Gasteiger partial charge is 0.349 e. The third-order valence-corrected chi connectivity index (χ3v) is 4.58. The lowest BCUT2D eigenvalue weighted by Gasteiger charge is -2.17. The molecule has 2 aliphatic carbocycles. The maximum Gasteiger partial charge on any atom is 0.292 e. The van der Waals surface area contributed by atoms with Crippen molar-refractivity contribution >= 4 is 11.8 Å². The van der Waals surface area contributed by atoms with Gasteiger partial charge in [0.1, 0.15) is 12.0 Å². The summed E-state index contributed by atoms with van der Waals surface area (Å²) < 4.78 is 31.2. The van der Waals surface area contributed by atoms with Crippen molar-refractivity contribution < 1.29 is 22.9 Å². The molecule has 0 radical (unpaired) electrons. The van der Waals surface area contributed by atoms with Crippen LogP contribution in [0.15, 0.2) is 28.8 Å². The Morgan fingerprint density at radius 3 is 2.77 bits per heavy atom. The smallest absolute Gasteiger partial charge is 0.292 e. The Labute approximate surface area is 147 Å². The van der Waals surface area contributed by atoms with Gasteiger partial charge in [0.05, 0.1) is 11.5 Å². The molecule has 0 bridgehead atoms. The average molecular weight is 362 g/mol. The fraction of sp³-hybridized carbons (Fsp3) is 0.412. The molecule has 4 rings (SSSR count). The number of alkyl halides is 1. The van der Waals surface area contributed by atoms with Crippen LogP contribution >= 0.6 is 0 Å². The molecule has 2 amide bonds. The quantitative estimate of drug-likeness (QED) is 0.814. The van der Waals surface area contributed by atoms with E-state index in [1.54, 1.807) is 6.07 Å². The predicted molar refractivity (Wildman–Crippen MR) is 85.1 cm³/mol. The van der Waals surface area contributed by atoms with Crippen LogP contribution in [0.3, 0.4) is 0 Å². The van der Waals surface area contributed by atoms with E-state index in [4.69, 9.17) is 4.52 Å². The maximum absolute atomic E-state index is 13.2. The number of carbonyl (C=O) groups excluding carboxylic acids is 2. The minimum Gasteiger partial charge on any atom is -0.349 e. The van der Waals surface area contributed by atoms with E-state index in [0.29, 0.717) is 18.4 Å². The molecular formula is C17H16F2N4O3. The highest BCUT2D eigenvalue weighted by atomic mass is 19.1. The molecule has 7 nitrogen and oxygen atoms in total. The first-order chi connectivity index (χ1) is 12.5.